The van der Waals surface area contributed by atoms with Crippen LogP contribution < -0.4 is 15.4 Å². The second kappa shape index (κ2) is 6.48. The molecule has 0 fully saturated rings. The Morgan fingerprint density at radius 3 is 2.92 bits per heavy atom. The maximum Gasteiger partial charge on any atom is 0.256 e. The van der Waals surface area contributed by atoms with Crippen LogP contribution in [0.15, 0.2) is 24.3 Å². The maximum absolute atomic E-state index is 12.7. The molecule has 2 N–H and O–H groups in total. The largest absolute Gasteiger partial charge is 0.493 e. The molecule has 1 amide bonds. The van der Waals surface area contributed by atoms with E-state index in [0.29, 0.717) is 6.61 Å². The van der Waals surface area contributed by atoms with E-state index >= 15 is 0 Å². The molecule has 1 atom stereocenters. The number of benzene rings is 1. The summed E-state index contributed by atoms with van der Waals surface area (Å²) in [5.41, 5.74) is 3.12. The molecule has 0 spiro atoms. The topological polar surface area (TPSA) is 50.4 Å². The van der Waals surface area contributed by atoms with E-state index in [4.69, 9.17) is 4.74 Å². The van der Waals surface area contributed by atoms with Gasteiger partial charge < -0.3 is 15.4 Å². The van der Waals surface area contributed by atoms with Crippen LogP contribution in [0.5, 0.6) is 5.75 Å². The number of rotatable bonds is 4. The first-order valence-electron chi connectivity index (χ1n) is 8.71. The van der Waals surface area contributed by atoms with Crippen LogP contribution in [0.2, 0.25) is 0 Å². The van der Waals surface area contributed by atoms with Gasteiger partial charge in [0.2, 0.25) is 0 Å². The number of anilines is 1. The molecule has 0 saturated carbocycles. The van der Waals surface area contributed by atoms with E-state index in [9.17, 15) is 4.79 Å². The molecular formula is C19H22N2O2S. The molecule has 5 heteroatoms. The second-order valence-electron chi connectivity index (χ2n) is 6.35. The Morgan fingerprint density at radius 2 is 2.04 bits per heavy atom. The molecule has 2 heterocycles. The van der Waals surface area contributed by atoms with Gasteiger partial charge in [-0.05, 0) is 43.7 Å². The number of aryl methyl sites for hydroxylation is 1. The minimum atomic E-state index is -0.238. The molecular weight excluding hydrogens is 320 g/mol. The predicted molar refractivity (Wildman–Crippen MR) is 97.0 cm³/mol. The molecule has 0 saturated heterocycles. The van der Waals surface area contributed by atoms with E-state index in [2.05, 4.69) is 17.6 Å². The first-order chi connectivity index (χ1) is 11.8. The Kier molecular flexibility index (Phi) is 4.19. The number of nitrogens with one attached hydrogen (secondary N) is 2. The average Bonchev–Trinajstić information content (AvgIpc) is 2.99. The highest BCUT2D eigenvalue weighted by molar-refractivity contribution is 7.16. The summed E-state index contributed by atoms with van der Waals surface area (Å²) in [6, 6.07) is 7.93. The van der Waals surface area contributed by atoms with Crippen molar-refractivity contribution in [2.24, 2.45) is 0 Å². The third-order valence-electron chi connectivity index (χ3n) is 4.64. The van der Waals surface area contributed by atoms with Crippen LogP contribution >= 0.6 is 11.3 Å². The number of ether oxygens (including phenoxy) is 1. The highest BCUT2D eigenvalue weighted by atomic mass is 32.1. The Morgan fingerprint density at radius 1 is 1.21 bits per heavy atom. The van der Waals surface area contributed by atoms with Gasteiger partial charge in [-0.15, -0.1) is 11.3 Å². The highest BCUT2D eigenvalue weighted by Crippen LogP contribution is 2.42. The average molecular weight is 342 g/mol. The fourth-order valence-corrected chi connectivity index (χ4v) is 4.81. The molecule has 0 bridgehead atoms. The van der Waals surface area contributed by atoms with Crippen molar-refractivity contribution >= 4 is 22.2 Å². The van der Waals surface area contributed by atoms with Gasteiger partial charge in [-0.25, -0.2) is 0 Å². The van der Waals surface area contributed by atoms with Crippen LogP contribution in [0, 0.1) is 0 Å². The zero-order chi connectivity index (χ0) is 16.5. The van der Waals surface area contributed by atoms with Gasteiger partial charge in [0, 0.05) is 10.4 Å². The Hall–Kier alpha value is -2.01. The quantitative estimate of drug-likeness (QED) is 0.872. The van der Waals surface area contributed by atoms with E-state index in [0.717, 1.165) is 41.1 Å². The molecule has 1 aliphatic carbocycles. The third kappa shape index (κ3) is 2.67. The van der Waals surface area contributed by atoms with E-state index in [1.165, 1.54) is 23.3 Å². The summed E-state index contributed by atoms with van der Waals surface area (Å²) in [5.74, 6) is 0.875. The fraction of sp³-hybridized carbons (Fsp3) is 0.421. The number of carbonyl (C=O) groups excluding carboxylic acids is 1. The SMILES string of the molecule is CCCOc1ccccc1C1NC(=O)c2c(sc3c2CCCC3)N1. The fourth-order valence-electron chi connectivity index (χ4n) is 3.50. The van der Waals surface area contributed by atoms with Crippen molar-refractivity contribution in [3.05, 3.63) is 45.8 Å². The lowest BCUT2D eigenvalue weighted by Gasteiger charge is -2.28. The molecule has 24 heavy (non-hydrogen) atoms. The number of fused-ring (bicyclic) bond motifs is 3. The van der Waals surface area contributed by atoms with Crippen LogP contribution in [0.4, 0.5) is 5.00 Å². The highest BCUT2D eigenvalue weighted by Gasteiger charge is 2.32. The van der Waals surface area contributed by atoms with Crippen molar-refractivity contribution in [3.63, 3.8) is 0 Å². The third-order valence-corrected chi connectivity index (χ3v) is 5.86. The van der Waals surface area contributed by atoms with Crippen LogP contribution in [0.25, 0.3) is 0 Å². The van der Waals surface area contributed by atoms with Gasteiger partial charge in [0.25, 0.3) is 5.91 Å². The summed E-state index contributed by atoms with van der Waals surface area (Å²) >= 11 is 1.75. The molecule has 4 rings (SSSR count). The summed E-state index contributed by atoms with van der Waals surface area (Å²) in [4.78, 5) is 14.1. The Labute approximate surface area is 146 Å². The Balaban J connectivity index is 1.66. The molecule has 2 aromatic rings. The summed E-state index contributed by atoms with van der Waals surface area (Å²) in [6.07, 6.45) is 5.25. The Bertz CT molecular complexity index is 769. The second-order valence-corrected chi connectivity index (χ2v) is 7.46. The number of amides is 1. The first-order valence-corrected chi connectivity index (χ1v) is 9.53. The lowest BCUT2D eigenvalue weighted by atomic mass is 9.94. The van der Waals surface area contributed by atoms with Gasteiger partial charge >= 0.3 is 0 Å². The molecule has 126 valence electrons. The van der Waals surface area contributed by atoms with Crippen molar-refractivity contribution in [1.29, 1.82) is 0 Å². The molecule has 1 aliphatic heterocycles. The van der Waals surface area contributed by atoms with Gasteiger partial charge in [0.05, 0.1) is 12.2 Å². The smallest absolute Gasteiger partial charge is 0.256 e. The number of hydrogen-bond acceptors (Lipinski definition) is 4. The lowest BCUT2D eigenvalue weighted by Crippen LogP contribution is -2.38. The van der Waals surface area contributed by atoms with E-state index in [1.807, 2.05) is 24.3 Å². The maximum atomic E-state index is 12.7. The zero-order valence-electron chi connectivity index (χ0n) is 13.9. The predicted octanol–water partition coefficient (Wildman–Crippen LogP) is 4.27. The lowest BCUT2D eigenvalue weighted by molar-refractivity contribution is 0.0934. The summed E-state index contributed by atoms with van der Waals surface area (Å²) < 4.78 is 5.86. The van der Waals surface area contributed by atoms with Crippen LogP contribution in [0.3, 0.4) is 0 Å². The van der Waals surface area contributed by atoms with Gasteiger partial charge in [0.15, 0.2) is 0 Å². The van der Waals surface area contributed by atoms with Gasteiger partial charge in [-0.2, -0.15) is 0 Å². The molecule has 1 unspecified atom stereocenters. The summed E-state index contributed by atoms with van der Waals surface area (Å²) in [7, 11) is 0. The van der Waals surface area contributed by atoms with Crippen LogP contribution in [-0.2, 0) is 12.8 Å². The van der Waals surface area contributed by atoms with E-state index in [-0.39, 0.29) is 12.1 Å². The minimum absolute atomic E-state index is 0.0402. The van der Waals surface area contributed by atoms with Crippen molar-refractivity contribution in [2.75, 3.05) is 11.9 Å². The molecule has 2 aliphatic rings. The molecule has 0 radical (unpaired) electrons. The normalized spacial score (nSPS) is 19.0. The van der Waals surface area contributed by atoms with Crippen molar-refractivity contribution in [2.45, 2.75) is 45.2 Å². The van der Waals surface area contributed by atoms with Gasteiger partial charge in [0.1, 0.15) is 16.9 Å². The number of hydrogen-bond donors (Lipinski definition) is 2. The number of carbonyl (C=O) groups is 1. The summed E-state index contributed by atoms with van der Waals surface area (Å²) in [6.45, 7) is 2.77. The molecule has 4 nitrogen and oxygen atoms in total. The molecule has 1 aromatic heterocycles. The van der Waals surface area contributed by atoms with Crippen molar-refractivity contribution in [1.82, 2.24) is 5.32 Å². The van der Waals surface area contributed by atoms with Crippen molar-refractivity contribution in [3.8, 4) is 5.75 Å². The number of para-hydroxylation sites is 1. The van der Waals surface area contributed by atoms with Gasteiger partial charge in [-0.1, -0.05) is 25.1 Å². The number of thiophene rings is 1. The standard InChI is InChI=1S/C19H22N2O2S/c1-2-11-23-14-9-5-3-7-12(14)17-20-18(22)16-13-8-4-6-10-15(13)24-19(16)21-17/h3,5,7,9,17,21H,2,4,6,8,10-11H2,1H3,(H,20,22). The summed E-state index contributed by atoms with van der Waals surface area (Å²) in [5, 5.41) is 7.66. The van der Waals surface area contributed by atoms with Gasteiger partial charge in [-0.3, -0.25) is 4.79 Å². The van der Waals surface area contributed by atoms with Crippen LogP contribution in [-0.4, -0.2) is 12.5 Å². The molecule has 1 aromatic carbocycles. The first kappa shape index (κ1) is 15.5. The monoisotopic (exact) mass is 342 g/mol. The van der Waals surface area contributed by atoms with Crippen molar-refractivity contribution < 1.29 is 9.53 Å². The zero-order valence-corrected chi connectivity index (χ0v) is 14.7. The van der Waals surface area contributed by atoms with Crippen LogP contribution in [0.1, 0.15) is 58.7 Å². The minimum Gasteiger partial charge on any atom is -0.493 e. The van der Waals surface area contributed by atoms with E-state index < -0.39 is 0 Å². The van der Waals surface area contributed by atoms with E-state index in [1.54, 1.807) is 11.3 Å².